The van der Waals surface area contributed by atoms with E-state index in [0.717, 1.165) is 11.1 Å². The largest absolute Gasteiger partial charge is 0.322 e. The normalized spacial score (nSPS) is 10.7. The number of anilines is 1. The number of ketones is 1. The van der Waals surface area contributed by atoms with Crippen molar-refractivity contribution < 1.29 is 14.0 Å². The van der Waals surface area contributed by atoms with E-state index in [-0.39, 0.29) is 11.3 Å². The van der Waals surface area contributed by atoms with E-state index >= 15 is 0 Å². The van der Waals surface area contributed by atoms with Crippen LogP contribution in [-0.2, 0) is 0 Å². The summed E-state index contributed by atoms with van der Waals surface area (Å²) in [5.41, 5.74) is 2.89. The first-order valence-corrected chi connectivity index (χ1v) is 9.26. The Morgan fingerprint density at radius 2 is 1.63 bits per heavy atom. The molecule has 148 valence electrons. The van der Waals surface area contributed by atoms with Crippen molar-refractivity contribution in [3.63, 3.8) is 0 Å². The molecule has 1 aromatic heterocycles. The Kier molecular flexibility index (Phi) is 4.98. The number of pyridine rings is 1. The molecule has 1 amide bonds. The van der Waals surface area contributed by atoms with E-state index in [0.29, 0.717) is 22.2 Å². The molecule has 0 spiro atoms. The smallest absolute Gasteiger partial charge is 0.256 e. The molecule has 0 saturated carbocycles. The van der Waals surface area contributed by atoms with Crippen LogP contribution in [0.1, 0.15) is 27.6 Å². The second-order valence-corrected chi connectivity index (χ2v) is 6.91. The average molecular weight is 400 g/mol. The molecule has 0 unspecified atom stereocenters. The van der Waals surface area contributed by atoms with Gasteiger partial charge >= 0.3 is 0 Å². The quantitative estimate of drug-likeness (QED) is 0.484. The first-order chi connectivity index (χ1) is 14.4. The third-order valence-electron chi connectivity index (χ3n) is 4.79. The van der Waals surface area contributed by atoms with Crippen molar-refractivity contribution in [2.45, 2.75) is 6.92 Å². The Labute approximate surface area is 171 Å². The van der Waals surface area contributed by atoms with Crippen LogP contribution in [0.15, 0.2) is 77.6 Å². The first-order valence-electron chi connectivity index (χ1n) is 9.26. The van der Waals surface area contributed by atoms with Crippen molar-refractivity contribution in [1.29, 1.82) is 0 Å². The molecule has 30 heavy (non-hydrogen) atoms. The molecule has 0 atom stereocenters. The maximum Gasteiger partial charge on any atom is 0.256 e. The number of hydrogen-bond acceptors (Lipinski definition) is 3. The highest BCUT2D eigenvalue weighted by Gasteiger charge is 2.13. The number of hydrogen-bond donors (Lipinski definition) is 2. The third kappa shape index (κ3) is 3.89. The summed E-state index contributed by atoms with van der Waals surface area (Å²) in [5.74, 6) is -0.988. The summed E-state index contributed by atoms with van der Waals surface area (Å²) < 4.78 is 13.4. The molecule has 2 N–H and O–H groups in total. The van der Waals surface area contributed by atoms with Crippen molar-refractivity contribution >= 4 is 28.3 Å². The zero-order valence-electron chi connectivity index (χ0n) is 16.0. The Morgan fingerprint density at radius 3 is 2.33 bits per heavy atom. The number of carbonyl (C=O) groups is 2. The second-order valence-electron chi connectivity index (χ2n) is 6.91. The summed E-state index contributed by atoms with van der Waals surface area (Å²) in [6.07, 6.45) is 0. The van der Waals surface area contributed by atoms with Gasteiger partial charge in [-0.05, 0) is 42.3 Å². The number of H-pyrrole nitrogens is 1. The number of nitrogens with one attached hydrogen (secondary N) is 2. The summed E-state index contributed by atoms with van der Waals surface area (Å²) >= 11 is 0. The molecule has 3 aromatic carbocycles. The van der Waals surface area contributed by atoms with Gasteiger partial charge in [0.15, 0.2) is 5.78 Å². The molecule has 1 heterocycles. The molecule has 0 aliphatic heterocycles. The molecule has 0 aliphatic carbocycles. The van der Waals surface area contributed by atoms with Crippen LogP contribution in [0.3, 0.4) is 0 Å². The number of aromatic nitrogens is 1. The molecule has 6 heteroatoms. The van der Waals surface area contributed by atoms with E-state index in [1.807, 2.05) is 18.2 Å². The highest BCUT2D eigenvalue weighted by Crippen LogP contribution is 2.25. The molecule has 0 fully saturated rings. The fraction of sp³-hybridized carbons (Fsp3) is 0.0417. The summed E-state index contributed by atoms with van der Waals surface area (Å²) in [4.78, 5) is 39.1. The van der Waals surface area contributed by atoms with Gasteiger partial charge in [0.05, 0.1) is 5.56 Å². The predicted molar refractivity (Wildman–Crippen MR) is 114 cm³/mol. The number of amides is 1. The standard InChI is InChI=1S/C24H17FN2O3/c1-14(28)15-5-7-16(8-6-15)17-9-10-20-21(13-23(29)27-22(20)11-17)24(30)26-19-4-2-3-18(25)12-19/h2-13H,1H3,(H,26,30)(H,27,29). The van der Waals surface area contributed by atoms with Gasteiger partial charge < -0.3 is 10.3 Å². The molecule has 5 nitrogen and oxygen atoms in total. The number of carbonyl (C=O) groups excluding carboxylic acids is 2. The molecule has 0 aliphatic rings. The van der Waals surface area contributed by atoms with Gasteiger partial charge in [-0.2, -0.15) is 0 Å². The zero-order chi connectivity index (χ0) is 21.3. The van der Waals surface area contributed by atoms with Crippen molar-refractivity contribution in [1.82, 2.24) is 4.98 Å². The predicted octanol–water partition coefficient (Wildman–Crippen LogP) is 4.79. The summed E-state index contributed by atoms with van der Waals surface area (Å²) in [6.45, 7) is 1.51. The minimum absolute atomic E-state index is 0.0154. The van der Waals surface area contributed by atoms with E-state index in [9.17, 15) is 18.8 Å². The van der Waals surface area contributed by atoms with Crippen LogP contribution in [0, 0.1) is 5.82 Å². The van der Waals surface area contributed by atoms with Crippen molar-refractivity contribution in [2.75, 3.05) is 5.32 Å². The van der Waals surface area contributed by atoms with Gasteiger partial charge in [0.1, 0.15) is 5.82 Å². The van der Waals surface area contributed by atoms with E-state index in [4.69, 9.17) is 0 Å². The Hall–Kier alpha value is -4.06. The van der Waals surface area contributed by atoms with Crippen LogP contribution in [0.2, 0.25) is 0 Å². The molecule has 0 saturated heterocycles. The third-order valence-corrected chi connectivity index (χ3v) is 4.79. The van der Waals surface area contributed by atoms with Crippen LogP contribution in [0.4, 0.5) is 10.1 Å². The van der Waals surface area contributed by atoms with E-state index < -0.39 is 17.3 Å². The average Bonchev–Trinajstić information content (AvgIpc) is 2.72. The number of fused-ring (bicyclic) bond motifs is 1. The second kappa shape index (κ2) is 7.75. The highest BCUT2D eigenvalue weighted by molar-refractivity contribution is 6.12. The lowest BCUT2D eigenvalue weighted by atomic mass is 9.99. The summed E-state index contributed by atoms with van der Waals surface area (Å²) in [6, 6.07) is 19.3. The van der Waals surface area contributed by atoms with E-state index in [2.05, 4.69) is 10.3 Å². The topological polar surface area (TPSA) is 79.0 Å². The SMILES string of the molecule is CC(=O)c1ccc(-c2ccc3c(C(=O)Nc4cccc(F)c4)cc(=O)[nH]c3c2)cc1. The fourth-order valence-electron chi connectivity index (χ4n) is 3.29. The van der Waals surface area contributed by atoms with Gasteiger partial charge in [0, 0.05) is 28.2 Å². The molecule has 4 aromatic rings. The fourth-order valence-corrected chi connectivity index (χ4v) is 3.29. The number of halogens is 1. The van der Waals surface area contributed by atoms with E-state index in [1.54, 1.807) is 30.3 Å². The van der Waals surface area contributed by atoms with Gasteiger partial charge in [-0.3, -0.25) is 14.4 Å². The number of Topliss-reactive ketones (excluding diaryl/α,β-unsaturated/α-hetero) is 1. The van der Waals surface area contributed by atoms with E-state index in [1.165, 1.54) is 31.2 Å². The van der Waals surface area contributed by atoms with Crippen molar-refractivity contribution in [3.05, 3.63) is 100 Å². The van der Waals surface area contributed by atoms with Gasteiger partial charge in [-0.25, -0.2) is 4.39 Å². The lowest BCUT2D eigenvalue weighted by Crippen LogP contribution is -2.17. The lowest BCUT2D eigenvalue weighted by molar-refractivity contribution is 0.101. The highest BCUT2D eigenvalue weighted by atomic mass is 19.1. The number of rotatable bonds is 4. The number of aromatic amines is 1. The first kappa shape index (κ1) is 19.3. The van der Waals surface area contributed by atoms with Crippen molar-refractivity contribution in [3.8, 4) is 11.1 Å². The van der Waals surface area contributed by atoms with Crippen LogP contribution in [-0.4, -0.2) is 16.7 Å². The van der Waals surface area contributed by atoms with Gasteiger partial charge in [-0.1, -0.05) is 42.5 Å². The lowest BCUT2D eigenvalue weighted by Gasteiger charge is -2.10. The van der Waals surface area contributed by atoms with Crippen molar-refractivity contribution in [2.24, 2.45) is 0 Å². The maximum absolute atomic E-state index is 13.4. The zero-order valence-corrected chi connectivity index (χ0v) is 16.0. The molecule has 4 rings (SSSR count). The van der Waals surface area contributed by atoms with Gasteiger partial charge in [0.25, 0.3) is 5.91 Å². The number of benzene rings is 3. The van der Waals surface area contributed by atoms with Crippen LogP contribution in [0.25, 0.3) is 22.0 Å². The van der Waals surface area contributed by atoms with Gasteiger partial charge in [0.2, 0.25) is 5.56 Å². The Morgan fingerprint density at radius 1 is 0.900 bits per heavy atom. The molecular formula is C24H17FN2O3. The Balaban J connectivity index is 1.73. The van der Waals surface area contributed by atoms with Gasteiger partial charge in [-0.15, -0.1) is 0 Å². The molecular weight excluding hydrogens is 383 g/mol. The minimum atomic E-state index is -0.504. The monoisotopic (exact) mass is 400 g/mol. The summed E-state index contributed by atoms with van der Waals surface area (Å²) in [5, 5.41) is 3.18. The minimum Gasteiger partial charge on any atom is -0.322 e. The Bertz CT molecular complexity index is 1340. The van der Waals surface area contributed by atoms with Crippen LogP contribution < -0.4 is 10.9 Å². The van der Waals surface area contributed by atoms with Crippen LogP contribution in [0.5, 0.6) is 0 Å². The van der Waals surface area contributed by atoms with Crippen LogP contribution >= 0.6 is 0 Å². The molecule has 0 radical (unpaired) electrons. The maximum atomic E-state index is 13.4. The molecule has 0 bridgehead atoms. The summed E-state index contributed by atoms with van der Waals surface area (Å²) in [7, 11) is 0.